The summed E-state index contributed by atoms with van der Waals surface area (Å²) in [5.41, 5.74) is -0.0609. The Morgan fingerprint density at radius 1 is 1.13 bits per heavy atom. The maximum atomic E-state index is 13.5. The number of fused-ring (bicyclic) bond motifs is 5. The first-order valence-corrected chi connectivity index (χ1v) is 9.01. The molecule has 14 heteroatoms. The van der Waals surface area contributed by atoms with Crippen molar-refractivity contribution in [2.45, 2.75) is 63.1 Å². The second kappa shape index (κ2) is 8.69. The molecule has 2 aromatic rings. The van der Waals surface area contributed by atoms with Gasteiger partial charge in [-0.05, 0) is 38.7 Å². The molecule has 0 radical (unpaired) electrons. The molecule has 0 aliphatic carbocycles. The maximum absolute atomic E-state index is 13.5. The number of alkyl halides is 6. The fourth-order valence-corrected chi connectivity index (χ4v) is 3.07. The lowest BCUT2D eigenvalue weighted by Gasteiger charge is -2.27. The fourth-order valence-electron chi connectivity index (χ4n) is 3.07. The van der Waals surface area contributed by atoms with Crippen LogP contribution in [0.3, 0.4) is 0 Å². The Hall–Kier alpha value is -2.28. The summed E-state index contributed by atoms with van der Waals surface area (Å²) in [5, 5.41) is 16.9. The minimum absolute atomic E-state index is 0. The summed E-state index contributed by atoms with van der Waals surface area (Å²) >= 11 is 0. The molecule has 31 heavy (non-hydrogen) atoms. The first-order chi connectivity index (χ1) is 13.8. The molecule has 0 amide bonds. The first-order valence-electron chi connectivity index (χ1n) is 9.01. The molecule has 7 nitrogen and oxygen atoms in total. The summed E-state index contributed by atoms with van der Waals surface area (Å²) in [5.74, 6) is -2.62. The summed E-state index contributed by atoms with van der Waals surface area (Å²) in [6, 6.07) is 0.538. The van der Waals surface area contributed by atoms with Gasteiger partial charge in [0.15, 0.2) is 5.69 Å². The van der Waals surface area contributed by atoms with Crippen LogP contribution in [0.25, 0.3) is 11.6 Å². The van der Waals surface area contributed by atoms with E-state index in [4.69, 9.17) is 14.9 Å². The third-order valence-electron chi connectivity index (χ3n) is 4.73. The quantitative estimate of drug-likeness (QED) is 0.533. The molecule has 2 atom stereocenters. The van der Waals surface area contributed by atoms with Gasteiger partial charge in [0, 0.05) is 0 Å². The van der Waals surface area contributed by atoms with Crippen LogP contribution < -0.4 is 10.5 Å². The second-order valence-electron chi connectivity index (χ2n) is 7.07. The Balaban J connectivity index is 0.00000341. The number of hydrogen-bond donors (Lipinski definition) is 2. The molecule has 0 fully saturated rings. The van der Waals surface area contributed by atoms with Gasteiger partial charge in [0.25, 0.3) is 11.8 Å². The zero-order valence-electron chi connectivity index (χ0n) is 16.0. The molecular weight excluding hydrogens is 458 g/mol. The van der Waals surface area contributed by atoms with E-state index in [1.54, 1.807) is 0 Å². The van der Waals surface area contributed by atoms with E-state index in [-0.39, 0.29) is 31.7 Å². The number of anilines is 1. The molecule has 1 aliphatic heterocycles. The Kier molecular flexibility index (Phi) is 7.00. The molecule has 0 saturated heterocycles. The van der Waals surface area contributed by atoms with Crippen LogP contribution in [-0.4, -0.2) is 32.6 Å². The van der Waals surface area contributed by atoms with Crippen molar-refractivity contribution in [2.24, 2.45) is 0 Å². The molecular formula is C17H19ClF6N4O3. The SMILES string of the molecule is CC1CCCCCC(O)(C(F)(F)F)c2nnc(o2)-c2nc(c(C(F)(F)F)cc2N)O1.Cl. The highest BCUT2D eigenvalue weighted by Gasteiger charge is 2.58. The topological polar surface area (TPSA) is 107 Å². The van der Waals surface area contributed by atoms with E-state index in [2.05, 4.69) is 15.2 Å². The van der Waals surface area contributed by atoms with Crippen molar-refractivity contribution in [2.75, 3.05) is 5.73 Å². The van der Waals surface area contributed by atoms with Crippen molar-refractivity contribution >= 4 is 18.1 Å². The molecule has 174 valence electrons. The molecule has 2 unspecified atom stereocenters. The van der Waals surface area contributed by atoms with Crippen LogP contribution in [0.2, 0.25) is 0 Å². The van der Waals surface area contributed by atoms with Crippen LogP contribution in [0.1, 0.15) is 50.5 Å². The van der Waals surface area contributed by atoms with Gasteiger partial charge in [0.05, 0.1) is 11.8 Å². The summed E-state index contributed by atoms with van der Waals surface area (Å²) < 4.78 is 91.1. The van der Waals surface area contributed by atoms with Crippen LogP contribution >= 0.6 is 12.4 Å². The molecule has 4 bridgehead atoms. The molecule has 0 spiro atoms. The predicted octanol–water partition coefficient (Wildman–Crippen LogP) is 4.64. The van der Waals surface area contributed by atoms with E-state index in [9.17, 15) is 31.4 Å². The largest absolute Gasteiger partial charge is 0.474 e. The zero-order chi connectivity index (χ0) is 22.3. The Morgan fingerprint density at radius 2 is 1.81 bits per heavy atom. The van der Waals surface area contributed by atoms with Crippen LogP contribution in [0.15, 0.2) is 10.5 Å². The Morgan fingerprint density at radius 3 is 2.42 bits per heavy atom. The van der Waals surface area contributed by atoms with Gasteiger partial charge in [0.1, 0.15) is 5.56 Å². The molecule has 1 aliphatic rings. The fraction of sp³-hybridized carbons (Fsp3) is 0.588. The number of ether oxygens (including phenoxy) is 1. The lowest BCUT2D eigenvalue weighted by atomic mass is 9.94. The van der Waals surface area contributed by atoms with Crippen molar-refractivity contribution in [3.8, 4) is 17.5 Å². The summed E-state index contributed by atoms with van der Waals surface area (Å²) in [6.45, 7) is 1.51. The van der Waals surface area contributed by atoms with Crippen molar-refractivity contribution in [1.29, 1.82) is 0 Å². The highest BCUT2D eigenvalue weighted by Crippen LogP contribution is 2.44. The van der Waals surface area contributed by atoms with Gasteiger partial charge in [0.2, 0.25) is 11.5 Å². The van der Waals surface area contributed by atoms with Crippen LogP contribution in [-0.2, 0) is 11.8 Å². The third kappa shape index (κ3) is 4.97. The normalized spacial score (nSPS) is 22.8. The van der Waals surface area contributed by atoms with Crippen LogP contribution in [0.5, 0.6) is 5.88 Å². The van der Waals surface area contributed by atoms with Crippen molar-refractivity contribution in [1.82, 2.24) is 15.2 Å². The molecule has 3 heterocycles. The molecule has 2 aromatic heterocycles. The van der Waals surface area contributed by atoms with E-state index < -0.39 is 65.1 Å². The number of nitrogens with zero attached hydrogens (tertiary/aromatic N) is 3. The number of aliphatic hydroxyl groups is 1. The number of halogens is 7. The highest BCUT2D eigenvalue weighted by atomic mass is 35.5. The number of nitrogens with two attached hydrogens (primary N) is 1. The number of pyridine rings is 1. The number of nitrogen functional groups attached to an aromatic ring is 1. The standard InChI is InChI=1S/C17H18F6N4O3.ClH/c1-8-5-3-2-4-6-15(28,17(21,22)23)14-27-26-13(30-14)11-10(24)7-9(16(18,19)20)12(25-11)29-8;/h7-8,28H,2-6,24H2,1H3;1H. The lowest BCUT2D eigenvalue weighted by molar-refractivity contribution is -0.277. The van der Waals surface area contributed by atoms with Gasteiger partial charge in [-0.15, -0.1) is 22.6 Å². The minimum atomic E-state index is -5.12. The van der Waals surface area contributed by atoms with Crippen molar-refractivity contribution < 1.29 is 40.6 Å². The molecule has 3 N–H and O–H groups in total. The van der Waals surface area contributed by atoms with E-state index in [0.717, 1.165) is 0 Å². The van der Waals surface area contributed by atoms with Gasteiger partial charge < -0.3 is 20.0 Å². The van der Waals surface area contributed by atoms with Crippen molar-refractivity contribution in [3.05, 3.63) is 17.5 Å². The highest BCUT2D eigenvalue weighted by molar-refractivity contribution is 5.85. The predicted molar refractivity (Wildman–Crippen MR) is 97.3 cm³/mol. The monoisotopic (exact) mass is 476 g/mol. The van der Waals surface area contributed by atoms with Crippen molar-refractivity contribution in [3.63, 3.8) is 0 Å². The average molecular weight is 477 g/mol. The van der Waals surface area contributed by atoms with Gasteiger partial charge in [-0.25, -0.2) is 4.98 Å². The van der Waals surface area contributed by atoms with E-state index >= 15 is 0 Å². The van der Waals surface area contributed by atoms with E-state index in [1.807, 2.05) is 0 Å². The lowest BCUT2D eigenvalue weighted by Crippen LogP contribution is -2.42. The average Bonchev–Trinajstić information content (AvgIpc) is 3.10. The number of rotatable bonds is 0. The minimum Gasteiger partial charge on any atom is -0.474 e. The molecule has 0 aromatic carbocycles. The maximum Gasteiger partial charge on any atom is 0.426 e. The second-order valence-corrected chi connectivity index (χ2v) is 7.07. The molecule has 3 rings (SSSR count). The number of aromatic nitrogens is 3. The molecule has 0 saturated carbocycles. The van der Waals surface area contributed by atoms with E-state index in [0.29, 0.717) is 12.5 Å². The zero-order valence-corrected chi connectivity index (χ0v) is 16.9. The van der Waals surface area contributed by atoms with Gasteiger partial charge in [-0.2, -0.15) is 26.3 Å². The Bertz CT molecular complexity index is 920. The van der Waals surface area contributed by atoms with E-state index in [1.165, 1.54) is 6.92 Å². The summed E-state index contributed by atoms with van der Waals surface area (Å²) in [4.78, 5) is 3.71. The van der Waals surface area contributed by atoms with Gasteiger partial charge >= 0.3 is 12.4 Å². The number of hydrogen-bond acceptors (Lipinski definition) is 7. The Labute approximate surface area is 178 Å². The smallest absolute Gasteiger partial charge is 0.426 e. The first kappa shape index (κ1) is 25.0. The summed E-state index contributed by atoms with van der Waals surface area (Å²) in [7, 11) is 0. The van der Waals surface area contributed by atoms with Crippen LogP contribution in [0.4, 0.5) is 32.0 Å². The third-order valence-corrected chi connectivity index (χ3v) is 4.73. The van der Waals surface area contributed by atoms with Gasteiger partial charge in [-0.1, -0.05) is 6.42 Å². The van der Waals surface area contributed by atoms with Gasteiger partial charge in [-0.3, -0.25) is 0 Å². The van der Waals surface area contributed by atoms with Crippen LogP contribution in [0, 0.1) is 0 Å². The summed E-state index contributed by atoms with van der Waals surface area (Å²) in [6.07, 6.45) is -10.5.